The van der Waals surface area contributed by atoms with E-state index in [9.17, 15) is 0 Å². The summed E-state index contributed by atoms with van der Waals surface area (Å²) >= 11 is 0. The van der Waals surface area contributed by atoms with Crippen molar-refractivity contribution in [2.24, 2.45) is 4.99 Å². The molecule has 0 N–H and O–H groups in total. The SMILES string of the molecule is CCOCC/N=C/c1ccccc1. The molecule has 0 aliphatic heterocycles. The molecule has 0 unspecified atom stereocenters. The van der Waals surface area contributed by atoms with E-state index >= 15 is 0 Å². The van der Waals surface area contributed by atoms with Crippen molar-refractivity contribution in [3.8, 4) is 0 Å². The van der Waals surface area contributed by atoms with E-state index in [0.29, 0.717) is 6.61 Å². The second-order valence-electron chi connectivity index (χ2n) is 2.64. The second-order valence-corrected chi connectivity index (χ2v) is 2.64. The van der Waals surface area contributed by atoms with Gasteiger partial charge in [-0.05, 0) is 12.5 Å². The van der Waals surface area contributed by atoms with Gasteiger partial charge in [0.05, 0.1) is 13.2 Å². The van der Waals surface area contributed by atoms with Crippen molar-refractivity contribution in [3.05, 3.63) is 35.9 Å². The first kappa shape index (κ1) is 9.93. The maximum Gasteiger partial charge on any atom is 0.0661 e. The maximum absolute atomic E-state index is 5.16. The zero-order chi connectivity index (χ0) is 9.36. The molecule has 2 nitrogen and oxygen atoms in total. The Labute approximate surface area is 79.3 Å². The molecule has 0 heterocycles. The molecule has 0 amide bonds. The number of aliphatic imine (C=N–C) groups is 1. The van der Waals surface area contributed by atoms with Crippen molar-refractivity contribution in [1.82, 2.24) is 0 Å². The smallest absolute Gasteiger partial charge is 0.0661 e. The van der Waals surface area contributed by atoms with Crippen LogP contribution in [0.4, 0.5) is 0 Å². The summed E-state index contributed by atoms with van der Waals surface area (Å²) in [5.74, 6) is 0. The van der Waals surface area contributed by atoms with Gasteiger partial charge in [0.25, 0.3) is 0 Å². The number of ether oxygens (including phenoxy) is 1. The van der Waals surface area contributed by atoms with Gasteiger partial charge in [0, 0.05) is 12.8 Å². The molecule has 0 aliphatic carbocycles. The van der Waals surface area contributed by atoms with Gasteiger partial charge in [-0.3, -0.25) is 4.99 Å². The Balaban J connectivity index is 2.25. The van der Waals surface area contributed by atoms with Crippen molar-refractivity contribution in [2.45, 2.75) is 6.92 Å². The number of hydrogen-bond donors (Lipinski definition) is 0. The lowest BCUT2D eigenvalue weighted by Crippen LogP contribution is -1.97. The van der Waals surface area contributed by atoms with E-state index in [1.165, 1.54) is 0 Å². The quantitative estimate of drug-likeness (QED) is 0.499. The van der Waals surface area contributed by atoms with E-state index in [1.54, 1.807) is 0 Å². The van der Waals surface area contributed by atoms with E-state index in [2.05, 4.69) is 4.99 Å². The van der Waals surface area contributed by atoms with Crippen LogP contribution < -0.4 is 0 Å². The number of benzene rings is 1. The fraction of sp³-hybridized carbons (Fsp3) is 0.364. The second kappa shape index (κ2) is 6.38. The highest BCUT2D eigenvalue weighted by Gasteiger charge is 1.83. The van der Waals surface area contributed by atoms with Crippen LogP contribution in [0.1, 0.15) is 12.5 Å². The van der Waals surface area contributed by atoms with E-state index in [0.717, 1.165) is 18.7 Å². The van der Waals surface area contributed by atoms with Crippen LogP contribution in [-0.4, -0.2) is 26.0 Å². The zero-order valence-electron chi connectivity index (χ0n) is 7.94. The van der Waals surface area contributed by atoms with Crippen molar-refractivity contribution in [3.63, 3.8) is 0 Å². The first-order valence-corrected chi connectivity index (χ1v) is 4.56. The van der Waals surface area contributed by atoms with Gasteiger partial charge < -0.3 is 4.74 Å². The van der Waals surface area contributed by atoms with Crippen molar-refractivity contribution < 1.29 is 4.74 Å². The summed E-state index contributed by atoms with van der Waals surface area (Å²) in [4.78, 5) is 4.23. The first-order valence-electron chi connectivity index (χ1n) is 4.56. The number of hydrogen-bond acceptors (Lipinski definition) is 2. The first-order chi connectivity index (χ1) is 6.43. The summed E-state index contributed by atoms with van der Waals surface area (Å²) in [6, 6.07) is 10.1. The lowest BCUT2D eigenvalue weighted by atomic mass is 10.2. The Morgan fingerprint density at radius 3 is 2.77 bits per heavy atom. The van der Waals surface area contributed by atoms with E-state index in [1.807, 2.05) is 43.5 Å². The fourth-order valence-electron chi connectivity index (χ4n) is 0.971. The van der Waals surface area contributed by atoms with Crippen LogP contribution in [0.5, 0.6) is 0 Å². The van der Waals surface area contributed by atoms with Gasteiger partial charge in [-0.15, -0.1) is 0 Å². The molecular weight excluding hydrogens is 162 g/mol. The van der Waals surface area contributed by atoms with Crippen molar-refractivity contribution in [2.75, 3.05) is 19.8 Å². The summed E-state index contributed by atoms with van der Waals surface area (Å²) < 4.78 is 5.16. The molecule has 0 saturated carbocycles. The molecule has 2 heteroatoms. The Morgan fingerprint density at radius 1 is 1.31 bits per heavy atom. The summed E-state index contributed by atoms with van der Waals surface area (Å²) in [5, 5.41) is 0. The standard InChI is InChI=1S/C11H15NO/c1-2-13-9-8-12-10-11-6-4-3-5-7-11/h3-7,10H,2,8-9H2,1H3/b12-10+. The molecule has 0 saturated heterocycles. The Morgan fingerprint density at radius 2 is 2.08 bits per heavy atom. The van der Waals surface area contributed by atoms with Crippen LogP contribution >= 0.6 is 0 Å². The molecule has 0 bridgehead atoms. The van der Waals surface area contributed by atoms with Gasteiger partial charge in [-0.25, -0.2) is 0 Å². The molecule has 0 spiro atoms. The summed E-state index contributed by atoms with van der Waals surface area (Å²) in [7, 11) is 0. The van der Waals surface area contributed by atoms with Crippen LogP contribution in [0, 0.1) is 0 Å². The Bertz CT molecular complexity index is 244. The molecule has 70 valence electrons. The van der Waals surface area contributed by atoms with E-state index < -0.39 is 0 Å². The van der Waals surface area contributed by atoms with Gasteiger partial charge in [0.15, 0.2) is 0 Å². The molecule has 0 aliphatic rings. The fourth-order valence-corrected chi connectivity index (χ4v) is 0.971. The summed E-state index contributed by atoms with van der Waals surface area (Å²) in [6.45, 7) is 4.20. The molecular formula is C11H15NO. The van der Waals surface area contributed by atoms with Crippen LogP contribution in [0.2, 0.25) is 0 Å². The molecule has 13 heavy (non-hydrogen) atoms. The maximum atomic E-state index is 5.16. The highest BCUT2D eigenvalue weighted by atomic mass is 16.5. The Hall–Kier alpha value is -1.15. The van der Waals surface area contributed by atoms with Crippen LogP contribution in [-0.2, 0) is 4.74 Å². The largest absolute Gasteiger partial charge is 0.380 e. The molecule has 0 fully saturated rings. The molecule has 1 aromatic rings. The molecule has 1 rings (SSSR count). The topological polar surface area (TPSA) is 21.6 Å². The van der Waals surface area contributed by atoms with Gasteiger partial charge >= 0.3 is 0 Å². The van der Waals surface area contributed by atoms with E-state index in [-0.39, 0.29) is 0 Å². The zero-order valence-corrected chi connectivity index (χ0v) is 7.94. The third-order valence-electron chi connectivity index (χ3n) is 1.61. The van der Waals surface area contributed by atoms with Crippen LogP contribution in [0.25, 0.3) is 0 Å². The van der Waals surface area contributed by atoms with Crippen molar-refractivity contribution in [1.29, 1.82) is 0 Å². The minimum Gasteiger partial charge on any atom is -0.380 e. The van der Waals surface area contributed by atoms with Crippen molar-refractivity contribution >= 4 is 6.21 Å². The highest BCUT2D eigenvalue weighted by molar-refractivity contribution is 5.79. The average Bonchev–Trinajstić information content (AvgIpc) is 2.19. The molecule has 0 radical (unpaired) electrons. The lowest BCUT2D eigenvalue weighted by molar-refractivity contribution is 0.156. The number of nitrogens with zero attached hydrogens (tertiary/aromatic N) is 1. The highest BCUT2D eigenvalue weighted by Crippen LogP contribution is 1.93. The minimum absolute atomic E-state index is 0.708. The van der Waals surface area contributed by atoms with Gasteiger partial charge in [-0.2, -0.15) is 0 Å². The predicted molar refractivity (Wildman–Crippen MR) is 55.4 cm³/mol. The molecule has 1 aromatic carbocycles. The number of rotatable bonds is 5. The van der Waals surface area contributed by atoms with Crippen LogP contribution in [0.15, 0.2) is 35.3 Å². The predicted octanol–water partition coefficient (Wildman–Crippen LogP) is 2.14. The monoisotopic (exact) mass is 177 g/mol. The van der Waals surface area contributed by atoms with Gasteiger partial charge in [-0.1, -0.05) is 30.3 Å². The molecule has 0 atom stereocenters. The average molecular weight is 177 g/mol. The Kier molecular flexibility index (Phi) is 4.87. The lowest BCUT2D eigenvalue weighted by Gasteiger charge is -1.95. The summed E-state index contributed by atoms with van der Waals surface area (Å²) in [6.07, 6.45) is 1.87. The normalized spacial score (nSPS) is 10.8. The van der Waals surface area contributed by atoms with Gasteiger partial charge in [0.1, 0.15) is 0 Å². The molecule has 0 aromatic heterocycles. The van der Waals surface area contributed by atoms with E-state index in [4.69, 9.17) is 4.74 Å². The third-order valence-corrected chi connectivity index (χ3v) is 1.61. The van der Waals surface area contributed by atoms with Gasteiger partial charge in [0.2, 0.25) is 0 Å². The minimum atomic E-state index is 0.708. The summed E-state index contributed by atoms with van der Waals surface area (Å²) in [5.41, 5.74) is 1.14. The third kappa shape index (κ3) is 4.43. The van der Waals surface area contributed by atoms with Crippen LogP contribution in [0.3, 0.4) is 0 Å².